The van der Waals surface area contributed by atoms with Gasteiger partial charge in [-0.2, -0.15) is 29.2 Å². The molecular formula is C58H72N20O6. The van der Waals surface area contributed by atoms with E-state index in [1.54, 1.807) is 58.5 Å². The zero-order valence-electron chi connectivity index (χ0n) is 48.4. The maximum absolute atomic E-state index is 13.9. The Morgan fingerprint density at radius 2 is 0.940 bits per heavy atom. The SMILES string of the molecule is CCC[C@@H](C(=O)N1CCN(c2ccc(OCCN(C)C)cc2)CC1)n1ncc2c1nc(N)n1nc(-c3ccco3)nc21.CCC[C@H](C(=O)N1CCN(c2ccc(OCCN(C)C)cc2)CC1)n1ncc2c1nc(N)n1nc(-c3ccco3)nc21. The number of amides is 2. The van der Waals surface area contributed by atoms with Gasteiger partial charge in [0.05, 0.1) is 35.7 Å². The summed E-state index contributed by atoms with van der Waals surface area (Å²) in [6.45, 7) is 12.6. The van der Waals surface area contributed by atoms with E-state index in [0.29, 0.717) is 109 Å². The molecule has 2 aromatic carbocycles. The van der Waals surface area contributed by atoms with Gasteiger partial charge in [-0.3, -0.25) is 9.59 Å². The number of hydrogen-bond donors (Lipinski definition) is 2. The standard InChI is InChI=1S/2C29H36N10O3/c2*1-4-6-23(28(40)37-14-12-36(13-15-37)20-8-10-21(11-9-20)41-18-16-35(2)3)38-27-22(19-31-38)26-32-25(24-7-5-17-42-24)34-39(26)29(30)33-27/h2*5,7-11,17,19,23H,4,6,12-16,18H2,1-3H3,(H2,30,33)/t2*23-/m10/s1. The Labute approximate surface area is 485 Å². The van der Waals surface area contributed by atoms with Crippen LogP contribution in [0.4, 0.5) is 23.3 Å². The Bertz CT molecular complexity index is 3550. The number of aromatic nitrogens is 12. The molecule has 0 saturated carbocycles. The number of carbonyl (C=O) groups excluding carboxylic acids is 2. The van der Waals surface area contributed by atoms with Gasteiger partial charge >= 0.3 is 0 Å². The fraction of sp³-hybridized carbons (Fsp3) is 0.414. The molecule has 12 rings (SSSR count). The molecule has 84 heavy (non-hydrogen) atoms. The topological polar surface area (TPSA) is 272 Å². The van der Waals surface area contributed by atoms with Gasteiger partial charge in [0.2, 0.25) is 35.4 Å². The zero-order valence-corrected chi connectivity index (χ0v) is 48.4. The summed E-state index contributed by atoms with van der Waals surface area (Å²) >= 11 is 0. The number of carbonyl (C=O) groups is 2. The van der Waals surface area contributed by atoms with Gasteiger partial charge in [0, 0.05) is 76.8 Å². The zero-order chi connectivity index (χ0) is 58.4. The number of piperazine rings is 2. The van der Waals surface area contributed by atoms with E-state index in [9.17, 15) is 9.59 Å². The Hall–Kier alpha value is -9.30. The maximum Gasteiger partial charge on any atom is 0.247 e. The van der Waals surface area contributed by atoms with Crippen LogP contribution in [0, 0.1) is 0 Å². The average Bonchev–Trinajstić information content (AvgIpc) is 2.00. The van der Waals surface area contributed by atoms with Crippen molar-refractivity contribution in [3.05, 3.63) is 97.7 Å². The lowest BCUT2D eigenvalue weighted by Gasteiger charge is -2.37. The molecule has 26 nitrogen and oxygen atoms in total. The lowest BCUT2D eigenvalue weighted by molar-refractivity contribution is -0.136. The predicted molar refractivity (Wildman–Crippen MR) is 319 cm³/mol. The van der Waals surface area contributed by atoms with Crippen molar-refractivity contribution in [1.29, 1.82) is 0 Å². The molecule has 4 N–H and O–H groups in total. The summed E-state index contributed by atoms with van der Waals surface area (Å²) < 4.78 is 28.9. The molecule has 2 atom stereocenters. The lowest BCUT2D eigenvalue weighted by Crippen LogP contribution is -2.50. The third-order valence-electron chi connectivity index (χ3n) is 15.1. The number of likely N-dealkylation sites (N-methyl/N-ethyl adjacent to an activating group) is 2. The maximum atomic E-state index is 13.9. The van der Waals surface area contributed by atoms with Crippen molar-refractivity contribution in [2.45, 2.75) is 51.6 Å². The van der Waals surface area contributed by atoms with Gasteiger partial charge in [0.1, 0.15) is 36.8 Å². The number of hydrogen-bond acceptors (Lipinski definition) is 20. The second-order valence-corrected chi connectivity index (χ2v) is 21.4. The van der Waals surface area contributed by atoms with Crippen LogP contribution in [0.5, 0.6) is 11.5 Å². The van der Waals surface area contributed by atoms with Crippen LogP contribution in [0.1, 0.15) is 51.6 Å². The molecule has 2 fully saturated rings. The van der Waals surface area contributed by atoms with Crippen LogP contribution >= 0.6 is 0 Å². The molecule has 0 radical (unpaired) electrons. The highest BCUT2D eigenvalue weighted by Crippen LogP contribution is 2.31. The van der Waals surface area contributed by atoms with Crippen molar-refractivity contribution in [3.8, 4) is 34.7 Å². The van der Waals surface area contributed by atoms with Crippen LogP contribution in [0.3, 0.4) is 0 Å². The van der Waals surface area contributed by atoms with Crippen LogP contribution in [0.15, 0.2) is 107 Å². The minimum Gasteiger partial charge on any atom is -0.492 e. The number of benzene rings is 2. The Morgan fingerprint density at radius 1 is 0.548 bits per heavy atom. The monoisotopic (exact) mass is 1140 g/mol. The van der Waals surface area contributed by atoms with Crippen molar-refractivity contribution in [2.75, 3.05) is 128 Å². The highest BCUT2D eigenvalue weighted by atomic mass is 16.5. The number of furan rings is 2. The second kappa shape index (κ2) is 25.0. The van der Waals surface area contributed by atoms with Crippen LogP contribution in [0.25, 0.3) is 56.5 Å². The van der Waals surface area contributed by atoms with Crippen LogP contribution in [0.2, 0.25) is 0 Å². The summed E-state index contributed by atoms with van der Waals surface area (Å²) in [7, 11) is 8.11. The number of nitrogens with zero attached hydrogens (tertiary/aromatic N) is 18. The number of rotatable bonds is 20. The average molecular weight is 1150 g/mol. The largest absolute Gasteiger partial charge is 0.492 e. The molecule has 0 unspecified atom stereocenters. The molecule has 0 bridgehead atoms. The lowest BCUT2D eigenvalue weighted by atomic mass is 10.1. The van der Waals surface area contributed by atoms with E-state index in [4.69, 9.17) is 29.8 Å². The number of fused-ring (bicyclic) bond motifs is 6. The molecule has 8 aromatic heterocycles. The fourth-order valence-corrected chi connectivity index (χ4v) is 10.6. The van der Waals surface area contributed by atoms with Crippen LogP contribution in [-0.2, 0) is 9.59 Å². The molecular weight excluding hydrogens is 1070 g/mol. The van der Waals surface area contributed by atoms with E-state index in [1.165, 1.54) is 9.03 Å². The first-order valence-corrected chi connectivity index (χ1v) is 28.5. The third-order valence-corrected chi connectivity index (χ3v) is 15.1. The third kappa shape index (κ3) is 12.0. The van der Waals surface area contributed by atoms with Gasteiger partial charge in [0.15, 0.2) is 34.1 Å². The van der Waals surface area contributed by atoms with Crippen molar-refractivity contribution < 1.29 is 27.9 Å². The van der Waals surface area contributed by atoms with E-state index < -0.39 is 12.1 Å². The van der Waals surface area contributed by atoms with E-state index in [2.05, 4.69) is 98.0 Å². The second-order valence-electron chi connectivity index (χ2n) is 21.4. The predicted octanol–water partition coefficient (Wildman–Crippen LogP) is 5.89. The molecule has 2 amide bonds. The highest BCUT2D eigenvalue weighted by molar-refractivity contribution is 5.93. The Kier molecular flexibility index (Phi) is 16.9. The number of nitrogen functional groups attached to an aromatic ring is 2. The Balaban J connectivity index is 0.000000175. The van der Waals surface area contributed by atoms with Crippen molar-refractivity contribution >= 4 is 68.4 Å². The van der Waals surface area contributed by atoms with E-state index in [-0.39, 0.29) is 23.7 Å². The van der Waals surface area contributed by atoms with E-state index >= 15 is 0 Å². The van der Waals surface area contributed by atoms with E-state index in [1.807, 2.05) is 62.3 Å². The summed E-state index contributed by atoms with van der Waals surface area (Å²) in [4.78, 5) is 58.9. The van der Waals surface area contributed by atoms with Crippen molar-refractivity contribution in [2.24, 2.45) is 0 Å². The van der Waals surface area contributed by atoms with Gasteiger partial charge in [0.25, 0.3) is 0 Å². The summed E-state index contributed by atoms with van der Waals surface area (Å²) in [6, 6.07) is 22.5. The number of anilines is 4. The Morgan fingerprint density at radius 3 is 1.29 bits per heavy atom. The number of nitrogens with two attached hydrogens (primary N) is 2. The first kappa shape index (κ1) is 56.6. The molecule has 440 valence electrons. The molecule has 26 heteroatoms. The fourth-order valence-electron chi connectivity index (χ4n) is 10.6. The molecule has 2 saturated heterocycles. The molecule has 0 aliphatic carbocycles. The first-order chi connectivity index (χ1) is 40.8. The quantitative estimate of drug-likeness (QED) is 0.0900. The van der Waals surface area contributed by atoms with Crippen molar-refractivity contribution in [1.82, 2.24) is 78.3 Å². The smallest absolute Gasteiger partial charge is 0.247 e. The molecule has 10 aromatic rings. The first-order valence-electron chi connectivity index (χ1n) is 28.5. The van der Waals surface area contributed by atoms with Gasteiger partial charge in [-0.05, 0) is 114 Å². The molecule has 2 aliphatic heterocycles. The van der Waals surface area contributed by atoms with Gasteiger partial charge in [-0.15, -0.1) is 10.2 Å². The minimum absolute atomic E-state index is 0.0316. The summed E-state index contributed by atoms with van der Waals surface area (Å²) in [5.74, 6) is 3.97. The molecule has 0 spiro atoms. The molecule has 2 aliphatic rings. The van der Waals surface area contributed by atoms with E-state index in [0.717, 1.165) is 75.0 Å². The molecule has 10 heterocycles. The van der Waals surface area contributed by atoms with Crippen LogP contribution in [-0.4, -0.2) is 197 Å². The highest BCUT2D eigenvalue weighted by Gasteiger charge is 2.33. The van der Waals surface area contributed by atoms with Gasteiger partial charge in [-0.1, -0.05) is 26.7 Å². The number of ether oxygens (including phenoxy) is 2. The minimum atomic E-state index is -0.500. The van der Waals surface area contributed by atoms with Gasteiger partial charge in [-0.25, -0.2) is 19.3 Å². The normalized spacial score (nSPS) is 14.8. The van der Waals surface area contributed by atoms with Gasteiger partial charge < -0.3 is 59.2 Å². The summed E-state index contributed by atoms with van der Waals surface area (Å²) in [6.07, 6.45) is 9.37. The van der Waals surface area contributed by atoms with Crippen LogP contribution < -0.4 is 30.7 Å². The summed E-state index contributed by atoms with van der Waals surface area (Å²) in [5.41, 5.74) is 16.9. The summed E-state index contributed by atoms with van der Waals surface area (Å²) in [5, 5.41) is 19.5. The van der Waals surface area contributed by atoms with Crippen molar-refractivity contribution in [3.63, 3.8) is 0 Å².